The minimum absolute atomic E-state index is 0.188. The average molecular weight is 227 g/mol. The van der Waals surface area contributed by atoms with Crippen LogP contribution in [0.2, 0.25) is 0 Å². The Bertz CT molecular complexity index is 368. The van der Waals surface area contributed by atoms with E-state index in [2.05, 4.69) is 10.1 Å². The van der Waals surface area contributed by atoms with E-state index in [0.717, 1.165) is 0 Å². The van der Waals surface area contributed by atoms with E-state index in [4.69, 9.17) is 4.74 Å². The molecule has 88 valence electrons. The minimum atomic E-state index is -0.384. The molecule has 0 unspecified atom stereocenters. The summed E-state index contributed by atoms with van der Waals surface area (Å²) in [6, 6.07) is 4.37. The van der Waals surface area contributed by atoms with Crippen molar-refractivity contribution >= 4 is 11.7 Å². The number of ether oxygens (including phenoxy) is 2. The Morgan fingerprint density at radius 3 is 2.81 bits per heavy atom. The Kier molecular flexibility index (Phi) is 4.57. The maximum absolute atomic E-state index is 13.3. The van der Waals surface area contributed by atoms with Gasteiger partial charge >= 0.3 is 5.97 Å². The third-order valence-electron chi connectivity index (χ3n) is 2.05. The first-order chi connectivity index (χ1) is 7.67. The number of esters is 1. The van der Waals surface area contributed by atoms with E-state index in [9.17, 15) is 9.18 Å². The summed E-state index contributed by atoms with van der Waals surface area (Å²) < 4.78 is 22.7. The predicted octanol–water partition coefficient (Wildman–Crippen LogP) is 1.81. The summed E-state index contributed by atoms with van der Waals surface area (Å²) in [6.45, 7) is 0.316. The summed E-state index contributed by atoms with van der Waals surface area (Å²) >= 11 is 0. The molecule has 0 aliphatic carbocycles. The smallest absolute Gasteiger partial charge is 0.307 e. The van der Waals surface area contributed by atoms with E-state index in [1.807, 2.05) is 0 Å². The number of carbonyl (C=O) groups excluding carboxylic acids is 1. The number of halogens is 1. The number of hydrogen-bond acceptors (Lipinski definition) is 4. The SMILES string of the molecule is COC(=O)CCNc1cc(OC)ccc1F. The summed E-state index contributed by atoms with van der Waals surface area (Å²) in [6.07, 6.45) is 0.188. The molecule has 0 radical (unpaired) electrons. The van der Waals surface area contributed by atoms with E-state index in [1.165, 1.54) is 32.4 Å². The van der Waals surface area contributed by atoms with Crippen molar-refractivity contribution < 1.29 is 18.7 Å². The van der Waals surface area contributed by atoms with E-state index in [-0.39, 0.29) is 18.2 Å². The molecule has 16 heavy (non-hydrogen) atoms. The summed E-state index contributed by atoms with van der Waals surface area (Å²) in [4.78, 5) is 10.8. The lowest BCUT2D eigenvalue weighted by Gasteiger charge is -2.08. The maximum Gasteiger partial charge on any atom is 0.307 e. The number of rotatable bonds is 5. The lowest BCUT2D eigenvalue weighted by atomic mass is 10.2. The summed E-state index contributed by atoms with van der Waals surface area (Å²) in [5.74, 6) is -0.163. The topological polar surface area (TPSA) is 47.6 Å². The second kappa shape index (κ2) is 5.95. The third-order valence-corrected chi connectivity index (χ3v) is 2.05. The fourth-order valence-corrected chi connectivity index (χ4v) is 1.17. The number of nitrogens with one attached hydrogen (secondary N) is 1. The molecule has 0 bridgehead atoms. The zero-order chi connectivity index (χ0) is 12.0. The molecular formula is C11H14FNO3. The molecule has 5 heteroatoms. The Morgan fingerprint density at radius 2 is 2.19 bits per heavy atom. The predicted molar refractivity (Wildman–Crippen MR) is 58.1 cm³/mol. The lowest BCUT2D eigenvalue weighted by molar-refractivity contribution is -0.140. The Morgan fingerprint density at radius 1 is 1.44 bits per heavy atom. The van der Waals surface area contributed by atoms with Crippen LogP contribution in [0.1, 0.15) is 6.42 Å². The number of hydrogen-bond donors (Lipinski definition) is 1. The largest absolute Gasteiger partial charge is 0.497 e. The van der Waals surface area contributed by atoms with Gasteiger partial charge in [0.2, 0.25) is 0 Å². The van der Waals surface area contributed by atoms with Crippen LogP contribution in [0, 0.1) is 5.82 Å². The highest BCUT2D eigenvalue weighted by Gasteiger charge is 2.05. The van der Waals surface area contributed by atoms with Crippen molar-refractivity contribution in [2.45, 2.75) is 6.42 Å². The van der Waals surface area contributed by atoms with Gasteiger partial charge in [0.15, 0.2) is 0 Å². The summed E-state index contributed by atoms with van der Waals surface area (Å²) in [7, 11) is 2.82. The van der Waals surface area contributed by atoms with Crippen LogP contribution in [-0.4, -0.2) is 26.7 Å². The number of benzene rings is 1. The van der Waals surface area contributed by atoms with Crippen LogP contribution < -0.4 is 10.1 Å². The monoisotopic (exact) mass is 227 g/mol. The normalized spacial score (nSPS) is 9.69. The van der Waals surface area contributed by atoms with Crippen molar-refractivity contribution in [2.24, 2.45) is 0 Å². The van der Waals surface area contributed by atoms with Gasteiger partial charge in [-0.1, -0.05) is 0 Å². The molecule has 1 aromatic rings. The zero-order valence-corrected chi connectivity index (χ0v) is 9.25. The van der Waals surface area contributed by atoms with Crippen LogP contribution in [0.4, 0.5) is 10.1 Å². The Hall–Kier alpha value is -1.78. The van der Waals surface area contributed by atoms with E-state index >= 15 is 0 Å². The van der Waals surface area contributed by atoms with Crippen molar-refractivity contribution in [1.82, 2.24) is 0 Å². The molecule has 0 saturated heterocycles. The molecule has 0 amide bonds. The molecule has 0 aliphatic rings. The van der Waals surface area contributed by atoms with Crippen LogP contribution >= 0.6 is 0 Å². The Labute approximate surface area is 93.4 Å². The van der Waals surface area contributed by atoms with Crippen LogP contribution in [0.25, 0.3) is 0 Å². The molecule has 0 saturated carbocycles. The van der Waals surface area contributed by atoms with Gasteiger partial charge in [-0.15, -0.1) is 0 Å². The van der Waals surface area contributed by atoms with Crippen LogP contribution in [-0.2, 0) is 9.53 Å². The van der Waals surface area contributed by atoms with Gasteiger partial charge in [0, 0.05) is 12.6 Å². The average Bonchev–Trinajstić information content (AvgIpc) is 2.31. The highest BCUT2D eigenvalue weighted by Crippen LogP contribution is 2.20. The molecule has 0 fully saturated rings. The first kappa shape index (κ1) is 12.3. The van der Waals surface area contributed by atoms with Gasteiger partial charge in [-0.3, -0.25) is 4.79 Å². The van der Waals surface area contributed by atoms with Crippen molar-refractivity contribution in [3.63, 3.8) is 0 Å². The first-order valence-corrected chi connectivity index (χ1v) is 4.81. The number of methoxy groups -OCH3 is 2. The zero-order valence-electron chi connectivity index (χ0n) is 9.25. The van der Waals surface area contributed by atoms with Crippen molar-refractivity contribution in [3.05, 3.63) is 24.0 Å². The molecule has 1 aromatic carbocycles. The fraction of sp³-hybridized carbons (Fsp3) is 0.364. The van der Waals surface area contributed by atoms with E-state index in [1.54, 1.807) is 0 Å². The minimum Gasteiger partial charge on any atom is -0.497 e. The van der Waals surface area contributed by atoms with Crippen molar-refractivity contribution in [2.75, 3.05) is 26.1 Å². The second-order valence-corrected chi connectivity index (χ2v) is 3.10. The van der Waals surface area contributed by atoms with Gasteiger partial charge in [-0.25, -0.2) is 4.39 Å². The van der Waals surface area contributed by atoms with Crippen molar-refractivity contribution in [3.8, 4) is 5.75 Å². The quantitative estimate of drug-likeness (QED) is 0.779. The second-order valence-electron chi connectivity index (χ2n) is 3.10. The molecule has 0 spiro atoms. The van der Waals surface area contributed by atoms with Crippen molar-refractivity contribution in [1.29, 1.82) is 0 Å². The van der Waals surface area contributed by atoms with Crippen LogP contribution in [0.3, 0.4) is 0 Å². The maximum atomic E-state index is 13.3. The molecule has 4 nitrogen and oxygen atoms in total. The lowest BCUT2D eigenvalue weighted by Crippen LogP contribution is -2.10. The highest BCUT2D eigenvalue weighted by atomic mass is 19.1. The molecule has 0 aliphatic heterocycles. The molecule has 1 rings (SSSR count). The van der Waals surface area contributed by atoms with Gasteiger partial charge in [0.1, 0.15) is 11.6 Å². The summed E-state index contributed by atoms with van der Waals surface area (Å²) in [5, 5.41) is 2.80. The molecular weight excluding hydrogens is 213 g/mol. The van der Waals surface area contributed by atoms with E-state index in [0.29, 0.717) is 18.0 Å². The van der Waals surface area contributed by atoms with Gasteiger partial charge in [-0.05, 0) is 12.1 Å². The van der Waals surface area contributed by atoms with Gasteiger partial charge < -0.3 is 14.8 Å². The van der Waals surface area contributed by atoms with Crippen LogP contribution in [0.15, 0.2) is 18.2 Å². The fourth-order valence-electron chi connectivity index (χ4n) is 1.17. The summed E-state index contributed by atoms with van der Waals surface area (Å²) in [5.41, 5.74) is 0.309. The highest BCUT2D eigenvalue weighted by molar-refractivity contribution is 5.69. The van der Waals surface area contributed by atoms with E-state index < -0.39 is 0 Å². The molecule has 1 N–H and O–H groups in total. The molecule has 0 atom stereocenters. The number of carbonyl (C=O) groups is 1. The van der Waals surface area contributed by atoms with Gasteiger partial charge in [-0.2, -0.15) is 0 Å². The number of anilines is 1. The van der Waals surface area contributed by atoms with Gasteiger partial charge in [0.25, 0.3) is 0 Å². The first-order valence-electron chi connectivity index (χ1n) is 4.81. The molecule has 0 heterocycles. The Balaban J connectivity index is 2.55. The standard InChI is InChI=1S/C11H14FNO3/c1-15-8-3-4-9(12)10(7-8)13-6-5-11(14)16-2/h3-4,7,13H,5-6H2,1-2H3. The third kappa shape index (κ3) is 3.42. The molecule has 0 aromatic heterocycles. The van der Waals surface area contributed by atoms with Crippen LogP contribution in [0.5, 0.6) is 5.75 Å². The van der Waals surface area contributed by atoms with Gasteiger partial charge in [0.05, 0.1) is 26.3 Å².